The fourth-order valence-corrected chi connectivity index (χ4v) is 6.81. The Kier molecular flexibility index (Phi) is 5.98. The second-order valence-electron chi connectivity index (χ2n) is 9.14. The van der Waals surface area contributed by atoms with Crippen molar-refractivity contribution in [2.24, 2.45) is 5.92 Å². The first kappa shape index (κ1) is 23.3. The first-order valence-corrected chi connectivity index (χ1v) is 13.0. The number of amides is 1. The van der Waals surface area contributed by atoms with Gasteiger partial charge in [-0.1, -0.05) is 12.1 Å². The second kappa shape index (κ2) is 8.98. The molecule has 1 amide bonds. The van der Waals surface area contributed by atoms with Gasteiger partial charge in [-0.15, -0.1) is 0 Å². The molecule has 0 saturated carbocycles. The molecule has 0 aliphatic carbocycles. The molecule has 1 N–H and O–H groups in total. The Morgan fingerprint density at radius 2 is 1.69 bits per heavy atom. The molecule has 9 heteroatoms. The number of carbonyl (C=O) groups excluding carboxylic acids is 1. The molecule has 3 heterocycles. The number of benzene rings is 2. The third kappa shape index (κ3) is 4.37. The third-order valence-corrected chi connectivity index (χ3v) is 8.62. The number of fused-ring (bicyclic) bond motifs is 4. The Labute approximate surface area is 204 Å². The van der Waals surface area contributed by atoms with Crippen molar-refractivity contribution in [3.05, 3.63) is 76.7 Å². The van der Waals surface area contributed by atoms with E-state index >= 15 is 0 Å². The average molecular weight is 494 g/mol. The minimum Gasteiger partial charge on any atom is -0.497 e. The largest absolute Gasteiger partial charge is 0.497 e. The maximum Gasteiger partial charge on any atom is 0.250 e. The van der Waals surface area contributed by atoms with Crippen LogP contribution >= 0.6 is 0 Å². The Hall–Kier alpha value is -3.43. The number of anilines is 1. The van der Waals surface area contributed by atoms with Gasteiger partial charge in [0.2, 0.25) is 15.9 Å². The first-order chi connectivity index (χ1) is 16.8. The minimum absolute atomic E-state index is 0.0596. The molecule has 182 valence electrons. The summed E-state index contributed by atoms with van der Waals surface area (Å²) < 4.78 is 35.4. The molecule has 2 aromatic carbocycles. The van der Waals surface area contributed by atoms with E-state index in [1.807, 2.05) is 34.9 Å². The van der Waals surface area contributed by atoms with Gasteiger partial charge in [-0.2, -0.15) is 4.31 Å². The molecule has 35 heavy (non-hydrogen) atoms. The molecule has 1 saturated heterocycles. The van der Waals surface area contributed by atoms with Crippen molar-refractivity contribution in [2.45, 2.75) is 30.7 Å². The third-order valence-electron chi connectivity index (χ3n) is 6.77. The van der Waals surface area contributed by atoms with Crippen molar-refractivity contribution in [3.63, 3.8) is 0 Å². The topological polar surface area (TPSA) is 97.7 Å². The number of nitrogens with zero attached hydrogens (tertiary/aromatic N) is 2. The predicted molar refractivity (Wildman–Crippen MR) is 133 cm³/mol. The van der Waals surface area contributed by atoms with E-state index < -0.39 is 10.0 Å². The van der Waals surface area contributed by atoms with Crippen LogP contribution in [-0.4, -0.2) is 43.4 Å². The average Bonchev–Trinajstić information content (AvgIpc) is 2.85. The van der Waals surface area contributed by atoms with Gasteiger partial charge in [0.1, 0.15) is 5.75 Å². The molecule has 1 aromatic heterocycles. The van der Waals surface area contributed by atoms with E-state index in [4.69, 9.17) is 4.74 Å². The van der Waals surface area contributed by atoms with E-state index in [0.29, 0.717) is 31.1 Å². The molecule has 2 bridgehead atoms. The number of hydrogen-bond acceptors (Lipinski definition) is 5. The predicted octanol–water partition coefficient (Wildman–Crippen LogP) is 3.29. The van der Waals surface area contributed by atoms with Gasteiger partial charge in [-0.25, -0.2) is 8.42 Å². The minimum atomic E-state index is -3.69. The van der Waals surface area contributed by atoms with Crippen molar-refractivity contribution < 1.29 is 17.9 Å². The number of piperidine rings is 1. The van der Waals surface area contributed by atoms with Crippen LogP contribution in [0.1, 0.15) is 25.0 Å². The number of pyridine rings is 1. The Balaban J connectivity index is 1.50. The van der Waals surface area contributed by atoms with Gasteiger partial charge in [-0.05, 0) is 60.4 Å². The zero-order valence-corrected chi connectivity index (χ0v) is 20.4. The normalized spacial score (nSPS) is 19.6. The number of carbonyl (C=O) groups is 1. The van der Waals surface area contributed by atoms with Crippen molar-refractivity contribution in [3.8, 4) is 16.9 Å². The van der Waals surface area contributed by atoms with Gasteiger partial charge in [0.05, 0.1) is 12.0 Å². The molecule has 1 fully saturated rings. The summed E-state index contributed by atoms with van der Waals surface area (Å²) in [5, 5.41) is 2.76. The highest BCUT2D eigenvalue weighted by Gasteiger charge is 2.40. The highest BCUT2D eigenvalue weighted by atomic mass is 32.2. The van der Waals surface area contributed by atoms with E-state index in [0.717, 1.165) is 23.2 Å². The van der Waals surface area contributed by atoms with E-state index in [1.165, 1.54) is 6.92 Å². The second-order valence-corrected chi connectivity index (χ2v) is 11.1. The summed E-state index contributed by atoms with van der Waals surface area (Å²) in [7, 11) is -2.14. The molecule has 2 aliphatic rings. The van der Waals surface area contributed by atoms with Crippen LogP contribution < -0.4 is 15.6 Å². The van der Waals surface area contributed by atoms with Crippen LogP contribution in [0.2, 0.25) is 0 Å². The van der Waals surface area contributed by atoms with Gasteiger partial charge >= 0.3 is 0 Å². The zero-order chi connectivity index (χ0) is 24.7. The van der Waals surface area contributed by atoms with Crippen LogP contribution in [0.5, 0.6) is 5.75 Å². The lowest BCUT2D eigenvalue weighted by atomic mass is 9.81. The van der Waals surface area contributed by atoms with Crippen molar-refractivity contribution in [2.75, 3.05) is 25.5 Å². The maximum absolute atomic E-state index is 13.5. The summed E-state index contributed by atoms with van der Waals surface area (Å²) >= 11 is 0. The number of methoxy groups -OCH3 is 1. The fourth-order valence-electron chi connectivity index (χ4n) is 5.24. The standard InChI is InChI=1S/C26H27N3O5S/c1-17(30)27-21-5-3-19(4-6-21)24-11-12-25(31)29-15-18-13-20(26(24)29)16-28(14-18)35(32,33)23-9-7-22(34-2)8-10-23/h3-12,18,20H,13-16H2,1-2H3,(H,27,30). The van der Waals surface area contributed by atoms with Crippen LogP contribution in [0.4, 0.5) is 5.69 Å². The molecular formula is C26H27N3O5S. The van der Waals surface area contributed by atoms with Gasteiger partial charge in [0, 0.05) is 55.5 Å². The molecule has 0 radical (unpaired) electrons. The van der Waals surface area contributed by atoms with Crippen LogP contribution in [-0.2, 0) is 21.4 Å². The molecule has 2 atom stereocenters. The number of hydrogen-bond donors (Lipinski definition) is 1. The number of ether oxygens (including phenoxy) is 1. The molecule has 2 aliphatic heterocycles. The monoisotopic (exact) mass is 493 g/mol. The molecule has 8 nitrogen and oxygen atoms in total. The van der Waals surface area contributed by atoms with Gasteiger partial charge in [0.15, 0.2) is 0 Å². The Morgan fingerprint density at radius 3 is 2.34 bits per heavy atom. The lowest BCUT2D eigenvalue weighted by Crippen LogP contribution is -2.49. The van der Waals surface area contributed by atoms with Gasteiger partial charge in [-0.3, -0.25) is 9.59 Å². The number of rotatable bonds is 5. The Morgan fingerprint density at radius 1 is 0.971 bits per heavy atom. The molecule has 3 aromatic rings. The summed E-state index contributed by atoms with van der Waals surface area (Å²) in [5.41, 5.74) is 3.32. The summed E-state index contributed by atoms with van der Waals surface area (Å²) in [5.74, 6) is 0.411. The van der Waals surface area contributed by atoms with E-state index in [1.54, 1.807) is 41.7 Å². The van der Waals surface area contributed by atoms with E-state index in [9.17, 15) is 18.0 Å². The lowest BCUT2D eigenvalue weighted by molar-refractivity contribution is -0.114. The Bertz CT molecular complexity index is 1430. The zero-order valence-electron chi connectivity index (χ0n) is 19.6. The lowest BCUT2D eigenvalue weighted by Gasteiger charge is -2.42. The van der Waals surface area contributed by atoms with Crippen molar-refractivity contribution >= 4 is 21.6 Å². The SMILES string of the molecule is COc1ccc(S(=O)(=O)N2CC3CC(C2)c2c(-c4ccc(NC(C)=O)cc4)ccc(=O)n2C3)cc1. The summed E-state index contributed by atoms with van der Waals surface area (Å²) in [6.07, 6.45) is 0.828. The van der Waals surface area contributed by atoms with Crippen LogP contribution in [0, 0.1) is 5.92 Å². The summed E-state index contributed by atoms with van der Waals surface area (Å²) in [6.45, 7) is 2.63. The van der Waals surface area contributed by atoms with Crippen LogP contribution in [0.25, 0.3) is 11.1 Å². The van der Waals surface area contributed by atoms with Crippen molar-refractivity contribution in [1.82, 2.24) is 8.87 Å². The highest BCUT2D eigenvalue weighted by molar-refractivity contribution is 7.89. The molecule has 2 unspecified atom stereocenters. The maximum atomic E-state index is 13.5. The van der Waals surface area contributed by atoms with Crippen LogP contribution in [0.3, 0.4) is 0 Å². The highest BCUT2D eigenvalue weighted by Crippen LogP contribution is 2.41. The summed E-state index contributed by atoms with van der Waals surface area (Å²) in [6, 6.07) is 17.3. The van der Waals surface area contributed by atoms with Gasteiger partial charge in [0.25, 0.3) is 5.56 Å². The fraction of sp³-hybridized carbons (Fsp3) is 0.308. The summed E-state index contributed by atoms with van der Waals surface area (Å²) in [4.78, 5) is 24.4. The number of sulfonamides is 1. The van der Waals surface area contributed by atoms with Crippen LogP contribution in [0.15, 0.2) is 70.4 Å². The van der Waals surface area contributed by atoms with Gasteiger partial charge < -0.3 is 14.6 Å². The quantitative estimate of drug-likeness (QED) is 0.588. The number of nitrogens with one attached hydrogen (secondary N) is 1. The first-order valence-electron chi connectivity index (χ1n) is 11.5. The number of aromatic nitrogens is 1. The molecule has 0 spiro atoms. The van der Waals surface area contributed by atoms with E-state index in [2.05, 4.69) is 5.32 Å². The molecule has 5 rings (SSSR count). The van der Waals surface area contributed by atoms with Crippen molar-refractivity contribution in [1.29, 1.82) is 0 Å². The molecular weight excluding hydrogens is 466 g/mol. The smallest absolute Gasteiger partial charge is 0.250 e. The van der Waals surface area contributed by atoms with E-state index in [-0.39, 0.29) is 28.2 Å².